The summed E-state index contributed by atoms with van der Waals surface area (Å²) in [5, 5.41) is 5.36. The molecule has 3 nitrogen and oxygen atoms in total. The maximum absolute atomic E-state index is 12.6. The number of hydrogen-bond donors (Lipinski definition) is 1. The van der Waals surface area contributed by atoms with Gasteiger partial charge in [-0.15, -0.1) is 0 Å². The summed E-state index contributed by atoms with van der Waals surface area (Å²) in [7, 11) is 0. The molecule has 0 saturated heterocycles. The highest BCUT2D eigenvalue weighted by molar-refractivity contribution is 5.84. The van der Waals surface area contributed by atoms with Gasteiger partial charge in [0.25, 0.3) is 5.91 Å². The normalized spacial score (nSPS) is 15.5. The average molecular weight is 373 g/mol. The van der Waals surface area contributed by atoms with Crippen molar-refractivity contribution in [1.29, 1.82) is 0 Å². The van der Waals surface area contributed by atoms with Crippen LogP contribution in [0.25, 0.3) is 10.8 Å². The van der Waals surface area contributed by atoms with Crippen LogP contribution in [0, 0.1) is 0 Å². The van der Waals surface area contributed by atoms with Gasteiger partial charge in [-0.05, 0) is 79.1 Å². The van der Waals surface area contributed by atoms with Crippen molar-refractivity contribution in [3.05, 3.63) is 77.4 Å². The fraction of sp³-hybridized carbons (Fsp3) is 0.320. The maximum atomic E-state index is 12.6. The van der Waals surface area contributed by atoms with Crippen molar-refractivity contribution >= 4 is 16.7 Å². The van der Waals surface area contributed by atoms with E-state index in [2.05, 4.69) is 29.6 Å². The van der Waals surface area contributed by atoms with Crippen LogP contribution in [0.3, 0.4) is 0 Å². The van der Waals surface area contributed by atoms with Crippen LogP contribution >= 0.6 is 0 Å². The first-order chi connectivity index (χ1) is 13.6. The third-order valence-corrected chi connectivity index (χ3v) is 5.63. The Hall–Kier alpha value is -2.81. The van der Waals surface area contributed by atoms with Gasteiger partial charge < -0.3 is 10.1 Å². The summed E-state index contributed by atoms with van der Waals surface area (Å²) >= 11 is 0. The monoisotopic (exact) mass is 373 g/mol. The summed E-state index contributed by atoms with van der Waals surface area (Å²) in [5.41, 5.74) is 4.05. The van der Waals surface area contributed by atoms with Crippen molar-refractivity contribution in [2.24, 2.45) is 0 Å². The lowest BCUT2D eigenvalue weighted by molar-refractivity contribution is -0.127. The lowest BCUT2D eigenvalue weighted by atomic mass is 9.89. The number of fused-ring (bicyclic) bond motifs is 2. The molecule has 0 aliphatic heterocycles. The molecule has 0 aromatic heterocycles. The van der Waals surface area contributed by atoms with Gasteiger partial charge in [-0.2, -0.15) is 0 Å². The number of rotatable bonds is 5. The molecule has 0 fully saturated rings. The molecular formula is C25H27NO2. The molecule has 2 atom stereocenters. The van der Waals surface area contributed by atoms with Crippen LogP contribution in [-0.4, -0.2) is 12.0 Å². The number of carbonyl (C=O) groups is 1. The molecule has 144 valence electrons. The van der Waals surface area contributed by atoms with Crippen molar-refractivity contribution in [2.75, 3.05) is 0 Å². The average Bonchev–Trinajstić information content (AvgIpc) is 2.73. The third kappa shape index (κ3) is 4.04. The minimum Gasteiger partial charge on any atom is -0.481 e. The Morgan fingerprint density at radius 3 is 2.46 bits per heavy atom. The Morgan fingerprint density at radius 1 is 0.893 bits per heavy atom. The van der Waals surface area contributed by atoms with Crippen LogP contribution in [0.5, 0.6) is 5.75 Å². The molecule has 1 aliphatic carbocycles. The molecule has 3 aromatic carbocycles. The van der Waals surface area contributed by atoms with E-state index in [0.29, 0.717) is 5.75 Å². The molecule has 0 heterocycles. The Morgan fingerprint density at radius 2 is 1.64 bits per heavy atom. The molecule has 1 amide bonds. The fourth-order valence-corrected chi connectivity index (χ4v) is 3.94. The van der Waals surface area contributed by atoms with Gasteiger partial charge in [0.1, 0.15) is 5.75 Å². The lowest BCUT2D eigenvalue weighted by Crippen LogP contribution is -2.37. The summed E-state index contributed by atoms with van der Waals surface area (Å²) in [4.78, 5) is 12.6. The van der Waals surface area contributed by atoms with Crippen LogP contribution in [0.2, 0.25) is 0 Å². The van der Waals surface area contributed by atoms with Crippen molar-refractivity contribution in [3.8, 4) is 5.75 Å². The smallest absolute Gasteiger partial charge is 0.261 e. The summed E-state index contributed by atoms with van der Waals surface area (Å²) in [6, 6.07) is 20.6. The molecule has 1 aliphatic rings. The highest BCUT2D eigenvalue weighted by atomic mass is 16.5. The minimum atomic E-state index is -0.554. The predicted molar refractivity (Wildman–Crippen MR) is 114 cm³/mol. The molecule has 4 rings (SSSR count). The molecule has 3 aromatic rings. The predicted octanol–water partition coefficient (Wildman–Crippen LogP) is 5.36. The molecule has 0 saturated carbocycles. The second kappa shape index (κ2) is 8.05. The zero-order valence-corrected chi connectivity index (χ0v) is 16.6. The molecule has 28 heavy (non-hydrogen) atoms. The topological polar surface area (TPSA) is 38.3 Å². The SMILES string of the molecule is C[C@H](Oc1ccc2ccccc2c1)C(=O)N[C@@H](C)c1ccc2c(c1)CCCC2. The van der Waals surface area contributed by atoms with Gasteiger partial charge in [0.05, 0.1) is 6.04 Å². The molecule has 1 N–H and O–H groups in total. The summed E-state index contributed by atoms with van der Waals surface area (Å²) in [6.07, 6.45) is 4.30. The number of benzene rings is 3. The Bertz CT molecular complexity index is 995. The number of aryl methyl sites for hydroxylation is 2. The molecular weight excluding hydrogens is 346 g/mol. The van der Waals surface area contributed by atoms with E-state index in [1.54, 1.807) is 6.92 Å². The van der Waals surface area contributed by atoms with E-state index in [4.69, 9.17) is 4.74 Å². The maximum Gasteiger partial charge on any atom is 0.261 e. The third-order valence-electron chi connectivity index (χ3n) is 5.63. The summed E-state index contributed by atoms with van der Waals surface area (Å²) in [5.74, 6) is 0.612. The molecule has 0 radical (unpaired) electrons. The number of nitrogens with one attached hydrogen (secondary N) is 1. The van der Waals surface area contributed by atoms with Crippen LogP contribution in [0.1, 0.15) is 49.4 Å². The van der Waals surface area contributed by atoms with Gasteiger partial charge in [0.15, 0.2) is 6.10 Å². The van der Waals surface area contributed by atoms with Gasteiger partial charge in [-0.25, -0.2) is 0 Å². The highest BCUT2D eigenvalue weighted by Crippen LogP contribution is 2.25. The van der Waals surface area contributed by atoms with E-state index in [9.17, 15) is 4.79 Å². The number of amides is 1. The van der Waals surface area contributed by atoms with Gasteiger partial charge in [-0.1, -0.05) is 48.5 Å². The molecule has 3 heteroatoms. The van der Waals surface area contributed by atoms with Gasteiger partial charge >= 0.3 is 0 Å². The van der Waals surface area contributed by atoms with Crippen molar-refractivity contribution in [1.82, 2.24) is 5.32 Å². The molecule has 0 unspecified atom stereocenters. The van der Waals surface area contributed by atoms with Gasteiger partial charge in [0.2, 0.25) is 0 Å². The molecule has 0 bridgehead atoms. The Balaban J connectivity index is 1.40. The first-order valence-electron chi connectivity index (χ1n) is 10.2. The van der Waals surface area contributed by atoms with E-state index < -0.39 is 6.10 Å². The Kier molecular flexibility index (Phi) is 5.34. The lowest BCUT2D eigenvalue weighted by Gasteiger charge is -2.22. The number of ether oxygens (including phenoxy) is 1. The second-order valence-corrected chi connectivity index (χ2v) is 7.73. The van der Waals surface area contributed by atoms with Gasteiger partial charge in [0, 0.05) is 0 Å². The van der Waals surface area contributed by atoms with Crippen LogP contribution in [0.15, 0.2) is 60.7 Å². The fourth-order valence-electron chi connectivity index (χ4n) is 3.94. The first kappa shape index (κ1) is 18.5. The van der Waals surface area contributed by atoms with Gasteiger partial charge in [-0.3, -0.25) is 4.79 Å². The van der Waals surface area contributed by atoms with E-state index in [1.807, 2.05) is 43.3 Å². The van der Waals surface area contributed by atoms with E-state index in [1.165, 1.54) is 30.4 Å². The van der Waals surface area contributed by atoms with Crippen LogP contribution < -0.4 is 10.1 Å². The number of hydrogen-bond acceptors (Lipinski definition) is 2. The van der Waals surface area contributed by atoms with Crippen molar-refractivity contribution in [3.63, 3.8) is 0 Å². The minimum absolute atomic E-state index is 0.0395. The summed E-state index contributed by atoms with van der Waals surface area (Å²) in [6.45, 7) is 3.83. The second-order valence-electron chi connectivity index (χ2n) is 7.73. The van der Waals surface area contributed by atoms with Crippen molar-refractivity contribution in [2.45, 2.75) is 51.7 Å². The zero-order chi connectivity index (χ0) is 19.5. The Labute approximate surface area is 166 Å². The standard InChI is InChI=1S/C25H27NO2/c1-17(21-12-11-19-7-3-5-9-22(19)15-21)26-25(27)18(2)28-24-14-13-20-8-4-6-10-23(20)16-24/h4,6,8,10-18H,3,5,7,9H2,1-2H3,(H,26,27)/t17-,18-/m0/s1. The number of carbonyl (C=O) groups excluding carboxylic acids is 1. The largest absolute Gasteiger partial charge is 0.481 e. The zero-order valence-electron chi connectivity index (χ0n) is 16.6. The quantitative estimate of drug-likeness (QED) is 0.653. The first-order valence-corrected chi connectivity index (χ1v) is 10.2. The highest BCUT2D eigenvalue weighted by Gasteiger charge is 2.19. The van der Waals surface area contributed by atoms with E-state index in [-0.39, 0.29) is 11.9 Å². The van der Waals surface area contributed by atoms with Crippen molar-refractivity contribution < 1.29 is 9.53 Å². The van der Waals surface area contributed by atoms with E-state index >= 15 is 0 Å². The van der Waals surface area contributed by atoms with Crippen LogP contribution in [-0.2, 0) is 17.6 Å². The van der Waals surface area contributed by atoms with Crippen LogP contribution in [0.4, 0.5) is 0 Å². The summed E-state index contributed by atoms with van der Waals surface area (Å²) < 4.78 is 5.90. The van der Waals surface area contributed by atoms with E-state index in [0.717, 1.165) is 22.8 Å². The molecule has 0 spiro atoms.